The molecular weight excluding hydrogens is 210 g/mol. The maximum atomic E-state index is 10.7. The standard InChI is InChI=1S/C15H23NO/c1-12-6-3-4-8-14(12)15(2,17)10-13-7-5-9-16-11-13/h3-4,6,8,13,16-17H,5,7,9-11H2,1-2H3. The number of rotatable bonds is 3. The maximum absolute atomic E-state index is 10.7. The predicted octanol–water partition coefficient (Wildman–Crippen LogP) is 2.59. The molecule has 1 aromatic rings. The van der Waals surface area contributed by atoms with Crippen LogP contribution in [0.5, 0.6) is 0 Å². The van der Waals surface area contributed by atoms with E-state index in [-0.39, 0.29) is 0 Å². The Morgan fingerprint density at radius 3 is 2.82 bits per heavy atom. The molecule has 2 nitrogen and oxygen atoms in total. The van der Waals surface area contributed by atoms with Crippen molar-refractivity contribution < 1.29 is 5.11 Å². The van der Waals surface area contributed by atoms with Gasteiger partial charge in [-0.2, -0.15) is 0 Å². The second-order valence-electron chi connectivity index (χ2n) is 5.51. The fraction of sp³-hybridized carbons (Fsp3) is 0.600. The molecule has 2 unspecified atom stereocenters. The predicted molar refractivity (Wildman–Crippen MR) is 71.0 cm³/mol. The van der Waals surface area contributed by atoms with Gasteiger partial charge in [0.2, 0.25) is 0 Å². The van der Waals surface area contributed by atoms with Gasteiger partial charge in [0.25, 0.3) is 0 Å². The molecule has 0 radical (unpaired) electrons. The van der Waals surface area contributed by atoms with Gasteiger partial charge in [-0.15, -0.1) is 0 Å². The summed E-state index contributed by atoms with van der Waals surface area (Å²) in [6, 6.07) is 8.15. The Labute approximate surface area is 104 Å². The summed E-state index contributed by atoms with van der Waals surface area (Å²) in [5, 5.41) is 14.1. The van der Waals surface area contributed by atoms with E-state index in [0.29, 0.717) is 5.92 Å². The first-order valence-electron chi connectivity index (χ1n) is 6.59. The highest BCUT2D eigenvalue weighted by Gasteiger charge is 2.29. The summed E-state index contributed by atoms with van der Waals surface area (Å²) in [4.78, 5) is 0. The van der Waals surface area contributed by atoms with E-state index in [1.807, 2.05) is 25.1 Å². The van der Waals surface area contributed by atoms with Gasteiger partial charge in [-0.05, 0) is 63.2 Å². The van der Waals surface area contributed by atoms with Crippen molar-refractivity contribution in [3.63, 3.8) is 0 Å². The smallest absolute Gasteiger partial charge is 0.0874 e. The van der Waals surface area contributed by atoms with Crippen molar-refractivity contribution in [2.24, 2.45) is 5.92 Å². The van der Waals surface area contributed by atoms with Crippen LogP contribution in [0.3, 0.4) is 0 Å². The van der Waals surface area contributed by atoms with E-state index in [1.54, 1.807) is 0 Å². The van der Waals surface area contributed by atoms with Crippen molar-refractivity contribution in [2.75, 3.05) is 13.1 Å². The minimum Gasteiger partial charge on any atom is -0.385 e. The van der Waals surface area contributed by atoms with Crippen molar-refractivity contribution in [2.45, 2.75) is 38.7 Å². The average Bonchev–Trinajstić information content (AvgIpc) is 2.30. The normalized spacial score (nSPS) is 24.3. The monoisotopic (exact) mass is 233 g/mol. The van der Waals surface area contributed by atoms with Crippen LogP contribution in [0.1, 0.15) is 37.3 Å². The second-order valence-corrected chi connectivity index (χ2v) is 5.51. The summed E-state index contributed by atoms with van der Waals surface area (Å²) in [7, 11) is 0. The zero-order valence-corrected chi connectivity index (χ0v) is 10.9. The zero-order chi connectivity index (χ0) is 12.3. The van der Waals surface area contributed by atoms with Gasteiger partial charge >= 0.3 is 0 Å². The van der Waals surface area contributed by atoms with Gasteiger partial charge in [-0.3, -0.25) is 0 Å². The highest BCUT2D eigenvalue weighted by molar-refractivity contribution is 5.30. The summed E-state index contributed by atoms with van der Waals surface area (Å²) in [6.45, 7) is 6.19. The molecule has 1 fully saturated rings. The molecule has 0 aliphatic carbocycles. The molecule has 94 valence electrons. The lowest BCUT2D eigenvalue weighted by Gasteiger charge is -2.32. The molecule has 2 N–H and O–H groups in total. The Morgan fingerprint density at radius 1 is 1.41 bits per heavy atom. The van der Waals surface area contributed by atoms with Crippen molar-refractivity contribution in [3.8, 4) is 0 Å². The molecule has 1 aliphatic heterocycles. The van der Waals surface area contributed by atoms with E-state index >= 15 is 0 Å². The van der Waals surface area contributed by atoms with Crippen molar-refractivity contribution in [1.82, 2.24) is 5.32 Å². The lowest BCUT2D eigenvalue weighted by molar-refractivity contribution is 0.0255. The SMILES string of the molecule is Cc1ccccc1C(C)(O)CC1CCCNC1. The van der Waals surface area contributed by atoms with Crippen LogP contribution in [0.25, 0.3) is 0 Å². The largest absolute Gasteiger partial charge is 0.385 e. The molecule has 1 saturated heterocycles. The van der Waals surface area contributed by atoms with E-state index in [4.69, 9.17) is 0 Å². The van der Waals surface area contributed by atoms with Crippen LogP contribution in [0.4, 0.5) is 0 Å². The molecule has 0 bridgehead atoms. The summed E-state index contributed by atoms with van der Waals surface area (Å²) in [5.74, 6) is 0.596. The molecule has 2 heteroatoms. The van der Waals surface area contributed by atoms with E-state index in [2.05, 4.69) is 18.3 Å². The highest BCUT2D eigenvalue weighted by Crippen LogP contribution is 2.32. The van der Waals surface area contributed by atoms with Crippen LogP contribution in [0.15, 0.2) is 24.3 Å². The first kappa shape index (κ1) is 12.6. The van der Waals surface area contributed by atoms with Crippen LogP contribution in [0, 0.1) is 12.8 Å². The molecule has 1 aliphatic rings. The number of hydrogen-bond donors (Lipinski definition) is 2. The Morgan fingerprint density at radius 2 is 2.18 bits per heavy atom. The van der Waals surface area contributed by atoms with E-state index in [9.17, 15) is 5.11 Å². The first-order valence-corrected chi connectivity index (χ1v) is 6.59. The third-order valence-corrected chi connectivity index (χ3v) is 3.81. The van der Waals surface area contributed by atoms with E-state index in [0.717, 1.165) is 25.1 Å². The molecule has 0 spiro atoms. The number of piperidine rings is 1. The minimum absolute atomic E-state index is 0.596. The van der Waals surface area contributed by atoms with Crippen LogP contribution >= 0.6 is 0 Å². The van der Waals surface area contributed by atoms with Gasteiger partial charge in [0, 0.05) is 0 Å². The van der Waals surface area contributed by atoms with Crippen molar-refractivity contribution >= 4 is 0 Å². The van der Waals surface area contributed by atoms with Gasteiger partial charge in [-0.1, -0.05) is 24.3 Å². The Balaban J connectivity index is 2.10. The van der Waals surface area contributed by atoms with Crippen molar-refractivity contribution in [3.05, 3.63) is 35.4 Å². The Hall–Kier alpha value is -0.860. The van der Waals surface area contributed by atoms with E-state index < -0.39 is 5.60 Å². The van der Waals surface area contributed by atoms with Crippen LogP contribution < -0.4 is 5.32 Å². The van der Waals surface area contributed by atoms with Gasteiger partial charge < -0.3 is 10.4 Å². The van der Waals surface area contributed by atoms with Gasteiger partial charge in [-0.25, -0.2) is 0 Å². The lowest BCUT2D eigenvalue weighted by Crippen LogP contribution is -2.35. The molecule has 1 aromatic carbocycles. The molecule has 0 saturated carbocycles. The third-order valence-electron chi connectivity index (χ3n) is 3.81. The van der Waals surface area contributed by atoms with Crippen LogP contribution in [0.2, 0.25) is 0 Å². The van der Waals surface area contributed by atoms with Crippen molar-refractivity contribution in [1.29, 1.82) is 0 Å². The highest BCUT2D eigenvalue weighted by atomic mass is 16.3. The quantitative estimate of drug-likeness (QED) is 0.841. The fourth-order valence-corrected chi connectivity index (χ4v) is 2.95. The lowest BCUT2D eigenvalue weighted by atomic mass is 9.81. The summed E-state index contributed by atoms with van der Waals surface area (Å²) < 4.78 is 0. The molecule has 2 atom stereocenters. The minimum atomic E-state index is -0.699. The van der Waals surface area contributed by atoms with Gasteiger partial charge in [0.05, 0.1) is 5.60 Å². The second kappa shape index (κ2) is 5.19. The molecule has 1 heterocycles. The fourth-order valence-electron chi connectivity index (χ4n) is 2.95. The number of hydrogen-bond acceptors (Lipinski definition) is 2. The summed E-state index contributed by atoms with van der Waals surface area (Å²) in [5.41, 5.74) is 1.56. The number of nitrogens with one attached hydrogen (secondary N) is 1. The van der Waals surface area contributed by atoms with E-state index in [1.165, 1.54) is 18.4 Å². The third kappa shape index (κ3) is 3.08. The molecule has 0 aromatic heterocycles. The number of aliphatic hydroxyl groups is 1. The summed E-state index contributed by atoms with van der Waals surface area (Å²) in [6.07, 6.45) is 3.31. The maximum Gasteiger partial charge on any atom is 0.0874 e. The van der Waals surface area contributed by atoms with Crippen LogP contribution in [-0.4, -0.2) is 18.2 Å². The first-order chi connectivity index (χ1) is 8.09. The Bertz CT molecular complexity index is 367. The van der Waals surface area contributed by atoms with Gasteiger partial charge in [0.1, 0.15) is 0 Å². The molecule has 17 heavy (non-hydrogen) atoms. The topological polar surface area (TPSA) is 32.3 Å². The summed E-state index contributed by atoms with van der Waals surface area (Å²) >= 11 is 0. The van der Waals surface area contributed by atoms with Crippen LogP contribution in [-0.2, 0) is 5.60 Å². The zero-order valence-electron chi connectivity index (χ0n) is 10.9. The molecular formula is C15H23NO. The molecule has 2 rings (SSSR count). The molecule has 0 amide bonds. The van der Waals surface area contributed by atoms with Gasteiger partial charge in [0.15, 0.2) is 0 Å². The number of aryl methyl sites for hydroxylation is 1. The Kier molecular flexibility index (Phi) is 3.85. The average molecular weight is 233 g/mol. The number of benzene rings is 1.